The zero-order valence-electron chi connectivity index (χ0n) is 10.3. The van der Waals surface area contributed by atoms with Crippen LogP contribution in [0.5, 0.6) is 5.75 Å². The Labute approximate surface area is 103 Å². The van der Waals surface area contributed by atoms with Gasteiger partial charge in [0.2, 0.25) is 0 Å². The van der Waals surface area contributed by atoms with E-state index in [0.29, 0.717) is 0 Å². The van der Waals surface area contributed by atoms with Crippen molar-refractivity contribution in [1.82, 2.24) is 0 Å². The van der Waals surface area contributed by atoms with Crippen LogP contribution in [0.4, 0.5) is 0 Å². The van der Waals surface area contributed by atoms with E-state index in [2.05, 4.69) is 30.7 Å². The maximum atomic E-state index is 5.24. The van der Waals surface area contributed by atoms with Crippen molar-refractivity contribution in [2.45, 2.75) is 12.8 Å². The maximum Gasteiger partial charge on any atom is 0.118 e. The molecule has 0 heterocycles. The lowest BCUT2D eigenvalue weighted by atomic mass is 9.97. The van der Waals surface area contributed by atoms with Gasteiger partial charge in [-0.2, -0.15) is 0 Å². The topological polar surface area (TPSA) is 18.5 Å². The number of allylic oxidation sites excluding steroid dienone is 3. The van der Waals surface area contributed by atoms with E-state index in [1.54, 1.807) is 14.2 Å². The fourth-order valence-electron chi connectivity index (χ4n) is 1.87. The molecule has 0 N–H and O–H groups in total. The number of benzene rings is 1. The van der Waals surface area contributed by atoms with Crippen molar-refractivity contribution in [2.24, 2.45) is 0 Å². The highest BCUT2D eigenvalue weighted by Gasteiger charge is 2.06. The van der Waals surface area contributed by atoms with Crippen LogP contribution in [0.1, 0.15) is 12.0 Å². The Morgan fingerprint density at radius 2 is 1.82 bits per heavy atom. The normalized spacial score (nSPS) is 14.9. The molecule has 1 aromatic carbocycles. The molecular weight excluding hydrogens is 212 g/mol. The molecule has 1 radical (unpaired) electrons. The molecule has 17 heavy (non-hydrogen) atoms. The van der Waals surface area contributed by atoms with Crippen LogP contribution in [0.2, 0.25) is 0 Å². The molecule has 0 saturated carbocycles. The summed E-state index contributed by atoms with van der Waals surface area (Å²) in [5.41, 5.74) is 2.58. The van der Waals surface area contributed by atoms with Gasteiger partial charge in [-0.15, -0.1) is 0 Å². The number of ether oxygens (including phenoxy) is 2. The van der Waals surface area contributed by atoms with E-state index in [9.17, 15) is 0 Å². The van der Waals surface area contributed by atoms with Gasteiger partial charge < -0.3 is 9.47 Å². The highest BCUT2D eigenvalue weighted by molar-refractivity contribution is 5.36. The summed E-state index contributed by atoms with van der Waals surface area (Å²) in [6.45, 7) is 0. The number of hydrogen-bond acceptors (Lipinski definition) is 2. The van der Waals surface area contributed by atoms with E-state index < -0.39 is 0 Å². The Bertz CT molecular complexity index is 427. The molecule has 0 bridgehead atoms. The minimum absolute atomic E-state index is 0.896. The fourth-order valence-corrected chi connectivity index (χ4v) is 1.87. The summed E-state index contributed by atoms with van der Waals surface area (Å²) in [7, 11) is 3.39. The summed E-state index contributed by atoms with van der Waals surface area (Å²) in [5.74, 6) is 1.85. The molecule has 0 aliphatic heterocycles. The lowest BCUT2D eigenvalue weighted by molar-refractivity contribution is 0.304. The van der Waals surface area contributed by atoms with Crippen molar-refractivity contribution < 1.29 is 9.47 Å². The van der Waals surface area contributed by atoms with Gasteiger partial charge in [0, 0.05) is 0 Å². The first-order chi connectivity index (χ1) is 8.31. The first kappa shape index (κ1) is 11.8. The van der Waals surface area contributed by atoms with Crippen molar-refractivity contribution in [2.75, 3.05) is 14.2 Å². The van der Waals surface area contributed by atoms with Crippen LogP contribution < -0.4 is 4.74 Å². The number of methoxy groups -OCH3 is 2. The summed E-state index contributed by atoms with van der Waals surface area (Å²) in [6, 6.07) is 8.17. The Hall–Kier alpha value is -1.70. The summed E-state index contributed by atoms with van der Waals surface area (Å²) in [5, 5.41) is 0. The molecular formula is C15H17O2. The van der Waals surface area contributed by atoms with Gasteiger partial charge >= 0.3 is 0 Å². The van der Waals surface area contributed by atoms with Crippen molar-refractivity contribution in [1.29, 1.82) is 0 Å². The zero-order valence-corrected chi connectivity index (χ0v) is 10.3. The summed E-state index contributed by atoms with van der Waals surface area (Å²) < 4.78 is 10.4. The fraction of sp³-hybridized carbons (Fsp3) is 0.267. The van der Waals surface area contributed by atoms with Crippen LogP contribution in [0.15, 0.2) is 47.7 Å². The summed E-state index contributed by atoms with van der Waals surface area (Å²) >= 11 is 0. The first-order valence-corrected chi connectivity index (χ1v) is 5.72. The summed E-state index contributed by atoms with van der Waals surface area (Å²) in [6.07, 6.45) is 8.29. The van der Waals surface area contributed by atoms with Crippen LogP contribution >= 0.6 is 0 Å². The quantitative estimate of drug-likeness (QED) is 0.788. The largest absolute Gasteiger partial charge is 0.497 e. The molecule has 2 nitrogen and oxygen atoms in total. The minimum Gasteiger partial charge on any atom is -0.497 e. The van der Waals surface area contributed by atoms with E-state index in [1.165, 1.54) is 11.1 Å². The lowest BCUT2D eigenvalue weighted by Gasteiger charge is -2.13. The molecule has 89 valence electrons. The van der Waals surface area contributed by atoms with Crippen LogP contribution in [-0.2, 0) is 11.2 Å². The van der Waals surface area contributed by atoms with Gasteiger partial charge in [-0.1, -0.05) is 17.7 Å². The Morgan fingerprint density at radius 3 is 2.47 bits per heavy atom. The highest BCUT2D eigenvalue weighted by atomic mass is 16.5. The molecule has 0 amide bonds. The van der Waals surface area contributed by atoms with E-state index in [-0.39, 0.29) is 0 Å². The molecule has 0 atom stereocenters. The average Bonchev–Trinajstić information content (AvgIpc) is 2.40. The van der Waals surface area contributed by atoms with Crippen molar-refractivity contribution in [3.8, 4) is 5.75 Å². The van der Waals surface area contributed by atoms with Gasteiger partial charge in [0.15, 0.2) is 0 Å². The van der Waals surface area contributed by atoms with Crippen molar-refractivity contribution >= 4 is 0 Å². The van der Waals surface area contributed by atoms with Gasteiger partial charge in [0.25, 0.3) is 0 Å². The van der Waals surface area contributed by atoms with Crippen LogP contribution in [-0.4, -0.2) is 14.2 Å². The SMILES string of the molecule is COC1=CC[CH]C(Cc2ccc(OC)cc2)=C1. The Kier molecular flexibility index (Phi) is 3.86. The minimum atomic E-state index is 0.896. The van der Waals surface area contributed by atoms with Gasteiger partial charge in [-0.05, 0) is 49.1 Å². The van der Waals surface area contributed by atoms with Gasteiger partial charge in [0.05, 0.1) is 14.2 Å². The highest BCUT2D eigenvalue weighted by Crippen LogP contribution is 2.21. The van der Waals surface area contributed by atoms with Crippen LogP contribution in [0, 0.1) is 6.42 Å². The standard InChI is InChI=1S/C15H17O2/c1-16-14-8-6-12(7-9-14)10-13-4-3-5-15(11-13)17-2/h4-9,11H,3,10H2,1-2H3. The van der Waals surface area contributed by atoms with Gasteiger partial charge in [-0.3, -0.25) is 0 Å². The van der Waals surface area contributed by atoms with E-state index in [1.807, 2.05) is 12.1 Å². The van der Waals surface area contributed by atoms with Crippen molar-refractivity contribution in [3.63, 3.8) is 0 Å². The van der Waals surface area contributed by atoms with Crippen LogP contribution in [0.3, 0.4) is 0 Å². The van der Waals surface area contributed by atoms with E-state index in [4.69, 9.17) is 9.47 Å². The second-order valence-electron chi connectivity index (χ2n) is 3.99. The van der Waals surface area contributed by atoms with Crippen LogP contribution in [0.25, 0.3) is 0 Å². The molecule has 0 fully saturated rings. The molecule has 1 aliphatic carbocycles. The third-order valence-electron chi connectivity index (χ3n) is 2.83. The molecule has 1 aliphatic rings. The molecule has 2 heteroatoms. The molecule has 0 aromatic heterocycles. The van der Waals surface area contributed by atoms with E-state index in [0.717, 1.165) is 24.4 Å². The van der Waals surface area contributed by atoms with Crippen molar-refractivity contribution in [3.05, 3.63) is 59.7 Å². The number of rotatable bonds is 4. The lowest BCUT2D eigenvalue weighted by Crippen LogP contribution is -1.98. The predicted octanol–water partition coefficient (Wildman–Crippen LogP) is 3.30. The number of hydrogen-bond donors (Lipinski definition) is 0. The summed E-state index contributed by atoms with van der Waals surface area (Å²) in [4.78, 5) is 0. The molecule has 2 rings (SSSR count). The third kappa shape index (κ3) is 3.13. The third-order valence-corrected chi connectivity index (χ3v) is 2.83. The second-order valence-corrected chi connectivity index (χ2v) is 3.99. The Morgan fingerprint density at radius 1 is 1.06 bits per heavy atom. The molecule has 0 unspecified atom stereocenters. The predicted molar refractivity (Wildman–Crippen MR) is 68.8 cm³/mol. The molecule has 1 aromatic rings. The maximum absolute atomic E-state index is 5.24. The van der Waals surface area contributed by atoms with Gasteiger partial charge in [0.1, 0.15) is 11.5 Å². The smallest absolute Gasteiger partial charge is 0.118 e. The second kappa shape index (κ2) is 5.58. The average molecular weight is 229 g/mol. The monoisotopic (exact) mass is 229 g/mol. The first-order valence-electron chi connectivity index (χ1n) is 5.72. The van der Waals surface area contributed by atoms with Gasteiger partial charge in [-0.25, -0.2) is 0 Å². The van der Waals surface area contributed by atoms with E-state index >= 15 is 0 Å². The molecule has 0 spiro atoms. The Balaban J connectivity index is 2.05. The molecule has 0 saturated heterocycles. The zero-order chi connectivity index (χ0) is 12.1.